The quantitative estimate of drug-likeness (QED) is 0.175. The fourth-order valence-corrected chi connectivity index (χ4v) is 10.1. The maximum atomic E-state index is 2.49. The molecule has 12 aromatic rings. The van der Waals surface area contributed by atoms with Gasteiger partial charge < -0.3 is 9.13 Å². The van der Waals surface area contributed by atoms with E-state index >= 15 is 0 Å². The van der Waals surface area contributed by atoms with Crippen molar-refractivity contribution in [3.63, 3.8) is 0 Å². The minimum Gasteiger partial charge on any atom is -0.309 e. The molecule has 3 heteroatoms. The highest BCUT2D eigenvalue weighted by molar-refractivity contribution is 7.26. The van der Waals surface area contributed by atoms with Crippen LogP contribution in [0.15, 0.2) is 182 Å². The molecule has 0 saturated carbocycles. The second-order valence-corrected chi connectivity index (χ2v) is 15.2. The van der Waals surface area contributed by atoms with Crippen molar-refractivity contribution in [3.8, 4) is 22.5 Å². The number of hydrogen-bond acceptors (Lipinski definition) is 1. The molecular formula is C50H30N2S. The summed E-state index contributed by atoms with van der Waals surface area (Å²) in [6.07, 6.45) is 0. The van der Waals surface area contributed by atoms with Gasteiger partial charge in [-0.25, -0.2) is 0 Å². The fraction of sp³-hybridized carbons (Fsp3) is 0. The highest BCUT2D eigenvalue weighted by atomic mass is 32.1. The van der Waals surface area contributed by atoms with E-state index in [0.29, 0.717) is 0 Å². The van der Waals surface area contributed by atoms with E-state index in [4.69, 9.17) is 0 Å². The minimum atomic E-state index is 1.18. The molecular weight excluding hydrogens is 661 g/mol. The molecule has 3 heterocycles. The van der Waals surface area contributed by atoms with E-state index in [1.54, 1.807) is 0 Å². The molecule has 0 bridgehead atoms. The first-order valence-corrected chi connectivity index (χ1v) is 19.0. The summed E-state index contributed by atoms with van der Waals surface area (Å²) in [6, 6.07) is 67.2. The van der Waals surface area contributed by atoms with Crippen LogP contribution in [0, 0.1) is 0 Å². The van der Waals surface area contributed by atoms with Gasteiger partial charge in [-0.05, 0) is 87.9 Å². The molecule has 0 saturated heterocycles. The first-order valence-electron chi connectivity index (χ1n) is 18.2. The minimum absolute atomic E-state index is 1.18. The second kappa shape index (κ2) is 10.9. The Balaban J connectivity index is 1.12. The van der Waals surface area contributed by atoms with Crippen molar-refractivity contribution in [2.24, 2.45) is 0 Å². The van der Waals surface area contributed by atoms with Crippen molar-refractivity contribution >= 4 is 96.7 Å². The van der Waals surface area contributed by atoms with Gasteiger partial charge in [0.05, 0.1) is 27.8 Å². The highest BCUT2D eigenvalue weighted by Crippen LogP contribution is 2.45. The molecule has 53 heavy (non-hydrogen) atoms. The summed E-state index contributed by atoms with van der Waals surface area (Å²) in [5.41, 5.74) is 9.71. The van der Waals surface area contributed by atoms with Gasteiger partial charge in [0, 0.05) is 52.8 Å². The molecule has 0 amide bonds. The van der Waals surface area contributed by atoms with Gasteiger partial charge in [-0.15, -0.1) is 11.3 Å². The molecule has 0 spiro atoms. The number of rotatable bonds is 3. The van der Waals surface area contributed by atoms with Crippen LogP contribution in [0.5, 0.6) is 0 Å². The first-order chi connectivity index (χ1) is 26.3. The van der Waals surface area contributed by atoms with Gasteiger partial charge in [0.25, 0.3) is 0 Å². The van der Waals surface area contributed by atoms with Crippen molar-refractivity contribution in [2.75, 3.05) is 0 Å². The van der Waals surface area contributed by atoms with Crippen molar-refractivity contribution in [1.82, 2.24) is 9.13 Å². The second-order valence-electron chi connectivity index (χ2n) is 14.1. The zero-order chi connectivity index (χ0) is 34.6. The molecule has 0 fully saturated rings. The van der Waals surface area contributed by atoms with Gasteiger partial charge in [0.1, 0.15) is 0 Å². The Kier molecular flexibility index (Phi) is 5.96. The molecule has 0 aliphatic rings. The zero-order valence-electron chi connectivity index (χ0n) is 28.6. The molecule has 3 aromatic heterocycles. The van der Waals surface area contributed by atoms with Crippen molar-refractivity contribution in [2.45, 2.75) is 0 Å². The van der Waals surface area contributed by atoms with Crippen LogP contribution in [0.2, 0.25) is 0 Å². The van der Waals surface area contributed by atoms with Gasteiger partial charge in [0.2, 0.25) is 0 Å². The fourth-order valence-electron chi connectivity index (χ4n) is 8.88. The Labute approximate surface area is 309 Å². The summed E-state index contributed by atoms with van der Waals surface area (Å²) in [7, 11) is 0. The first kappa shape index (κ1) is 29.0. The number of benzene rings is 9. The predicted molar refractivity (Wildman–Crippen MR) is 228 cm³/mol. The Morgan fingerprint density at radius 3 is 1.85 bits per heavy atom. The molecule has 0 N–H and O–H groups in total. The number of aromatic nitrogens is 2. The third kappa shape index (κ3) is 4.14. The lowest BCUT2D eigenvalue weighted by molar-refractivity contribution is 1.19. The standard InChI is InChI=1S/C50H30N2S/c1-2-12-33-28-36(23-20-31(33)10-1)51-44-17-7-5-15-38(44)41-29-34(21-25-45(41)51)35-22-26-46-42(30-35)49-47(27-24-40-39-16-6-8-19-48(39)53-50(40)49)52(46)43-18-9-13-32-11-3-4-14-37(32)43/h1-30H. The normalized spacial score (nSPS) is 12.2. The SMILES string of the molecule is c1ccc2cc(-n3c4ccccc4c4cc(-c5ccc6c(c5)c5c7sc8ccccc8c7ccc5n6-c5cccc6ccccc56)ccc43)ccc2c1. The number of fused-ring (bicyclic) bond motifs is 12. The summed E-state index contributed by atoms with van der Waals surface area (Å²) >= 11 is 1.91. The van der Waals surface area contributed by atoms with Crippen LogP contribution < -0.4 is 0 Å². The van der Waals surface area contributed by atoms with Crippen molar-refractivity contribution < 1.29 is 0 Å². The number of hydrogen-bond donors (Lipinski definition) is 0. The molecule has 0 aliphatic carbocycles. The monoisotopic (exact) mass is 690 g/mol. The van der Waals surface area contributed by atoms with E-state index in [1.807, 2.05) is 11.3 Å². The van der Waals surface area contributed by atoms with Crippen LogP contribution in [-0.2, 0) is 0 Å². The topological polar surface area (TPSA) is 9.86 Å². The molecule has 0 radical (unpaired) electrons. The molecule has 9 aromatic carbocycles. The van der Waals surface area contributed by atoms with Gasteiger partial charge >= 0.3 is 0 Å². The van der Waals surface area contributed by atoms with Crippen LogP contribution in [0.3, 0.4) is 0 Å². The van der Waals surface area contributed by atoms with Gasteiger partial charge in [-0.2, -0.15) is 0 Å². The number of para-hydroxylation sites is 1. The Morgan fingerprint density at radius 1 is 0.340 bits per heavy atom. The summed E-state index contributed by atoms with van der Waals surface area (Å²) in [5, 5.41) is 12.8. The van der Waals surface area contributed by atoms with E-state index in [-0.39, 0.29) is 0 Å². The van der Waals surface area contributed by atoms with E-state index in [9.17, 15) is 0 Å². The van der Waals surface area contributed by atoms with Crippen LogP contribution in [-0.4, -0.2) is 9.13 Å². The number of thiophene rings is 1. The highest BCUT2D eigenvalue weighted by Gasteiger charge is 2.20. The van der Waals surface area contributed by atoms with E-state index < -0.39 is 0 Å². The Morgan fingerprint density at radius 2 is 0.981 bits per heavy atom. The Hall–Kier alpha value is -6.68. The zero-order valence-corrected chi connectivity index (χ0v) is 29.4. The van der Waals surface area contributed by atoms with Crippen LogP contribution >= 0.6 is 11.3 Å². The lowest BCUT2D eigenvalue weighted by Crippen LogP contribution is -1.95. The summed E-state index contributed by atoms with van der Waals surface area (Å²) in [5.74, 6) is 0. The largest absolute Gasteiger partial charge is 0.309 e. The van der Waals surface area contributed by atoms with Gasteiger partial charge in [-0.3, -0.25) is 0 Å². The molecule has 246 valence electrons. The summed E-state index contributed by atoms with van der Waals surface area (Å²) in [4.78, 5) is 0. The average molecular weight is 691 g/mol. The molecule has 0 unspecified atom stereocenters. The van der Waals surface area contributed by atoms with E-state index in [1.165, 1.54) is 108 Å². The van der Waals surface area contributed by atoms with E-state index in [0.717, 1.165) is 0 Å². The van der Waals surface area contributed by atoms with Crippen molar-refractivity contribution in [1.29, 1.82) is 0 Å². The van der Waals surface area contributed by atoms with Gasteiger partial charge in [-0.1, -0.05) is 121 Å². The summed E-state index contributed by atoms with van der Waals surface area (Å²) < 4.78 is 7.57. The lowest BCUT2D eigenvalue weighted by Gasteiger charge is -2.12. The van der Waals surface area contributed by atoms with Crippen LogP contribution in [0.25, 0.3) is 108 Å². The maximum absolute atomic E-state index is 2.49. The predicted octanol–water partition coefficient (Wildman–Crippen LogP) is 14.2. The van der Waals surface area contributed by atoms with Crippen LogP contribution in [0.4, 0.5) is 0 Å². The lowest BCUT2D eigenvalue weighted by atomic mass is 10.00. The smallest absolute Gasteiger partial charge is 0.0556 e. The Bertz CT molecular complexity index is 3460. The third-order valence-corrected chi connectivity index (χ3v) is 12.5. The maximum Gasteiger partial charge on any atom is 0.0556 e. The molecule has 12 rings (SSSR count). The molecule has 0 aliphatic heterocycles. The average Bonchev–Trinajstić information content (AvgIpc) is 3.87. The van der Waals surface area contributed by atoms with Crippen LogP contribution in [0.1, 0.15) is 0 Å². The van der Waals surface area contributed by atoms with Gasteiger partial charge in [0.15, 0.2) is 0 Å². The van der Waals surface area contributed by atoms with Crippen molar-refractivity contribution in [3.05, 3.63) is 182 Å². The van der Waals surface area contributed by atoms with E-state index in [2.05, 4.69) is 191 Å². The summed E-state index contributed by atoms with van der Waals surface area (Å²) in [6.45, 7) is 0. The molecule has 0 atom stereocenters. The molecule has 2 nitrogen and oxygen atoms in total. The number of nitrogens with zero attached hydrogens (tertiary/aromatic N) is 2. The third-order valence-electron chi connectivity index (χ3n) is 11.3.